The van der Waals surface area contributed by atoms with E-state index in [9.17, 15) is 0 Å². The van der Waals surface area contributed by atoms with E-state index in [-0.39, 0.29) is 12.0 Å². The van der Waals surface area contributed by atoms with E-state index >= 15 is 0 Å². The van der Waals surface area contributed by atoms with Crippen molar-refractivity contribution in [2.24, 2.45) is 0 Å². The molecule has 0 spiro atoms. The van der Waals surface area contributed by atoms with Crippen LogP contribution in [0.25, 0.3) is 0 Å². The van der Waals surface area contributed by atoms with Crippen molar-refractivity contribution in [2.75, 3.05) is 21.3 Å². The molecule has 1 aliphatic heterocycles. The highest BCUT2D eigenvalue weighted by atomic mass is 16.5. The Morgan fingerprint density at radius 1 is 0.909 bits per heavy atom. The summed E-state index contributed by atoms with van der Waals surface area (Å²) < 4.78 is 22.6. The Kier molecular flexibility index (Phi) is 3.84. The summed E-state index contributed by atoms with van der Waals surface area (Å²) in [5.74, 6) is 3.25. The Bertz CT molecular complexity index is 656. The van der Waals surface area contributed by atoms with Gasteiger partial charge in [0, 0.05) is 23.6 Å². The molecule has 0 fully saturated rings. The Labute approximate surface area is 130 Å². The number of para-hydroxylation sites is 1. The van der Waals surface area contributed by atoms with E-state index in [1.807, 2.05) is 30.3 Å². The molecule has 116 valence electrons. The lowest BCUT2D eigenvalue weighted by atomic mass is 9.92. The van der Waals surface area contributed by atoms with Crippen LogP contribution in [0.3, 0.4) is 0 Å². The lowest BCUT2D eigenvalue weighted by Gasteiger charge is -2.22. The molecule has 0 saturated carbocycles. The van der Waals surface area contributed by atoms with Crippen LogP contribution < -0.4 is 18.9 Å². The lowest BCUT2D eigenvalue weighted by molar-refractivity contribution is 0.203. The topological polar surface area (TPSA) is 36.9 Å². The molecule has 0 bridgehead atoms. The van der Waals surface area contributed by atoms with Crippen molar-refractivity contribution >= 4 is 0 Å². The van der Waals surface area contributed by atoms with Gasteiger partial charge in [0.1, 0.15) is 29.1 Å². The lowest BCUT2D eigenvalue weighted by Crippen LogP contribution is -2.11. The normalized spacial score (nSPS) is 19.3. The van der Waals surface area contributed by atoms with Crippen LogP contribution in [0.1, 0.15) is 30.1 Å². The highest BCUT2D eigenvalue weighted by Gasteiger charge is 2.36. The number of methoxy groups -OCH3 is 3. The summed E-state index contributed by atoms with van der Waals surface area (Å²) in [5.41, 5.74) is 2.11. The third kappa shape index (κ3) is 2.25. The van der Waals surface area contributed by atoms with Crippen molar-refractivity contribution in [3.8, 4) is 23.0 Å². The van der Waals surface area contributed by atoms with Crippen molar-refractivity contribution in [3.05, 3.63) is 47.5 Å². The van der Waals surface area contributed by atoms with Gasteiger partial charge in [-0.25, -0.2) is 0 Å². The summed E-state index contributed by atoms with van der Waals surface area (Å²) in [6, 6.07) is 11.8. The molecule has 2 atom stereocenters. The fraction of sp³-hybridized carbons (Fsp3) is 0.333. The molecule has 2 aromatic carbocycles. The van der Waals surface area contributed by atoms with Crippen LogP contribution in [-0.4, -0.2) is 21.3 Å². The second-order valence-electron chi connectivity index (χ2n) is 5.31. The first-order valence-corrected chi connectivity index (χ1v) is 7.25. The molecule has 0 amide bonds. The third-order valence-corrected chi connectivity index (χ3v) is 4.16. The Balaban J connectivity index is 2.09. The van der Waals surface area contributed by atoms with Crippen LogP contribution in [0.5, 0.6) is 23.0 Å². The second kappa shape index (κ2) is 5.79. The average molecular weight is 300 g/mol. The minimum absolute atomic E-state index is 0.145. The maximum atomic E-state index is 6.16. The molecule has 4 heteroatoms. The van der Waals surface area contributed by atoms with Gasteiger partial charge in [-0.1, -0.05) is 25.1 Å². The Morgan fingerprint density at radius 3 is 2.09 bits per heavy atom. The van der Waals surface area contributed by atoms with Gasteiger partial charge >= 0.3 is 0 Å². The summed E-state index contributed by atoms with van der Waals surface area (Å²) in [7, 11) is 4.91. The SMILES string of the molecule is COc1cc(OC)c([C@@H]2Oc3ccccc3[C@H]2C)c(OC)c1. The van der Waals surface area contributed by atoms with Gasteiger partial charge in [0.2, 0.25) is 0 Å². The number of fused-ring (bicyclic) bond motifs is 1. The van der Waals surface area contributed by atoms with E-state index < -0.39 is 0 Å². The molecule has 0 N–H and O–H groups in total. The summed E-state index contributed by atoms with van der Waals surface area (Å²) in [5, 5.41) is 0. The van der Waals surface area contributed by atoms with E-state index in [4.69, 9.17) is 18.9 Å². The maximum Gasteiger partial charge on any atom is 0.138 e. The molecular weight excluding hydrogens is 280 g/mol. The molecule has 0 aliphatic carbocycles. The van der Waals surface area contributed by atoms with E-state index in [2.05, 4.69) is 13.0 Å². The molecule has 1 heterocycles. The monoisotopic (exact) mass is 300 g/mol. The number of hydrogen-bond acceptors (Lipinski definition) is 4. The zero-order valence-electron chi connectivity index (χ0n) is 13.3. The first-order valence-electron chi connectivity index (χ1n) is 7.25. The van der Waals surface area contributed by atoms with Crippen LogP contribution in [0, 0.1) is 0 Å². The smallest absolute Gasteiger partial charge is 0.138 e. The van der Waals surface area contributed by atoms with Gasteiger partial charge in [-0.2, -0.15) is 0 Å². The molecule has 0 unspecified atom stereocenters. The first kappa shape index (κ1) is 14.6. The van der Waals surface area contributed by atoms with Gasteiger partial charge in [-0.3, -0.25) is 0 Å². The van der Waals surface area contributed by atoms with E-state index in [0.717, 1.165) is 11.3 Å². The molecule has 0 aromatic heterocycles. The quantitative estimate of drug-likeness (QED) is 0.856. The molecule has 0 saturated heterocycles. The molecule has 3 rings (SSSR count). The summed E-state index contributed by atoms with van der Waals surface area (Å²) >= 11 is 0. The number of ether oxygens (including phenoxy) is 4. The maximum absolute atomic E-state index is 6.16. The summed E-state index contributed by atoms with van der Waals surface area (Å²) in [4.78, 5) is 0. The van der Waals surface area contributed by atoms with Gasteiger partial charge in [0.05, 0.1) is 26.9 Å². The third-order valence-electron chi connectivity index (χ3n) is 4.16. The fourth-order valence-corrected chi connectivity index (χ4v) is 2.99. The zero-order chi connectivity index (χ0) is 15.7. The number of hydrogen-bond donors (Lipinski definition) is 0. The zero-order valence-corrected chi connectivity index (χ0v) is 13.3. The largest absolute Gasteiger partial charge is 0.496 e. The van der Waals surface area contributed by atoms with Crippen LogP contribution in [0.15, 0.2) is 36.4 Å². The Morgan fingerprint density at radius 2 is 1.55 bits per heavy atom. The van der Waals surface area contributed by atoms with Crippen molar-refractivity contribution in [1.29, 1.82) is 0 Å². The average Bonchev–Trinajstić information content (AvgIpc) is 2.90. The van der Waals surface area contributed by atoms with Crippen LogP contribution >= 0.6 is 0 Å². The molecule has 0 radical (unpaired) electrons. The predicted molar refractivity (Wildman–Crippen MR) is 84.3 cm³/mol. The van der Waals surface area contributed by atoms with Crippen LogP contribution in [0.4, 0.5) is 0 Å². The standard InChI is InChI=1S/C18H20O4/c1-11-13-7-5-6-8-14(13)22-18(11)17-15(20-3)9-12(19-2)10-16(17)21-4/h5-11,18H,1-4H3/t11-,18-/m1/s1. The van der Waals surface area contributed by atoms with Crippen LogP contribution in [0.2, 0.25) is 0 Å². The van der Waals surface area contributed by atoms with Crippen molar-refractivity contribution < 1.29 is 18.9 Å². The summed E-state index contributed by atoms with van der Waals surface area (Å²) in [6.45, 7) is 2.15. The van der Waals surface area contributed by atoms with E-state index in [1.54, 1.807) is 21.3 Å². The van der Waals surface area contributed by atoms with Crippen molar-refractivity contribution in [1.82, 2.24) is 0 Å². The minimum atomic E-state index is -0.145. The molecule has 2 aromatic rings. The second-order valence-corrected chi connectivity index (χ2v) is 5.31. The van der Waals surface area contributed by atoms with Crippen LogP contribution in [-0.2, 0) is 0 Å². The van der Waals surface area contributed by atoms with Gasteiger partial charge in [-0.15, -0.1) is 0 Å². The van der Waals surface area contributed by atoms with Gasteiger partial charge in [0.15, 0.2) is 0 Å². The molecule has 4 nitrogen and oxygen atoms in total. The fourth-order valence-electron chi connectivity index (χ4n) is 2.99. The number of benzene rings is 2. The van der Waals surface area contributed by atoms with Crippen molar-refractivity contribution in [2.45, 2.75) is 18.9 Å². The van der Waals surface area contributed by atoms with Crippen molar-refractivity contribution in [3.63, 3.8) is 0 Å². The van der Waals surface area contributed by atoms with E-state index in [1.165, 1.54) is 5.56 Å². The van der Waals surface area contributed by atoms with Gasteiger partial charge in [-0.05, 0) is 6.07 Å². The summed E-state index contributed by atoms with van der Waals surface area (Å²) in [6.07, 6.45) is -0.145. The minimum Gasteiger partial charge on any atom is -0.496 e. The van der Waals surface area contributed by atoms with Gasteiger partial charge in [0.25, 0.3) is 0 Å². The number of rotatable bonds is 4. The molecule has 1 aliphatic rings. The van der Waals surface area contributed by atoms with E-state index in [0.29, 0.717) is 17.2 Å². The molecular formula is C18H20O4. The highest BCUT2D eigenvalue weighted by molar-refractivity contribution is 5.55. The highest BCUT2D eigenvalue weighted by Crippen LogP contribution is 2.51. The van der Waals surface area contributed by atoms with Gasteiger partial charge < -0.3 is 18.9 Å². The molecule has 22 heavy (non-hydrogen) atoms. The predicted octanol–water partition coefficient (Wildman–Crippen LogP) is 3.95. The Hall–Kier alpha value is -2.36. The first-order chi connectivity index (χ1) is 10.7.